The predicted molar refractivity (Wildman–Crippen MR) is 88.1 cm³/mol. The van der Waals surface area contributed by atoms with Gasteiger partial charge in [0.1, 0.15) is 5.52 Å². The number of benzene rings is 2. The monoisotopic (exact) mass is 332 g/mol. The average molecular weight is 333 g/mol. The molecule has 22 heavy (non-hydrogen) atoms. The van der Waals surface area contributed by atoms with Gasteiger partial charge < -0.3 is 9.73 Å². The first-order valence-electron chi connectivity index (χ1n) is 6.39. The number of hydrogen-bond donors (Lipinski definition) is 1. The first-order chi connectivity index (χ1) is 10.7. The lowest BCUT2D eigenvalue weighted by molar-refractivity contribution is -0.103. The molecule has 0 radical (unpaired) electrons. The Morgan fingerprint density at radius 1 is 1.09 bits per heavy atom. The summed E-state index contributed by atoms with van der Waals surface area (Å²) in [5.74, 6) is 0.230. The molecule has 110 valence electrons. The van der Waals surface area contributed by atoms with Crippen LogP contribution in [-0.4, -0.2) is 11.3 Å². The zero-order valence-electron chi connectivity index (χ0n) is 11.2. The lowest BCUT2D eigenvalue weighted by Gasteiger charge is -2.01. The van der Waals surface area contributed by atoms with Crippen LogP contribution in [0, 0.1) is 0 Å². The lowest BCUT2D eigenvalue weighted by Crippen LogP contribution is -1.93. The van der Waals surface area contributed by atoms with Gasteiger partial charge in [-0.1, -0.05) is 23.2 Å². The molecule has 1 heterocycles. The van der Waals surface area contributed by atoms with E-state index in [0.717, 1.165) is 5.69 Å². The molecule has 0 amide bonds. The summed E-state index contributed by atoms with van der Waals surface area (Å²) >= 11 is 11.7. The van der Waals surface area contributed by atoms with E-state index in [1.54, 1.807) is 42.5 Å². The number of anilines is 1. The summed E-state index contributed by atoms with van der Waals surface area (Å²) in [5, 5.41) is 4.20. The molecule has 4 nitrogen and oxygen atoms in total. The number of nitrogens with one attached hydrogen (secondary N) is 1. The fourth-order valence-electron chi connectivity index (χ4n) is 1.88. The van der Waals surface area contributed by atoms with E-state index in [-0.39, 0.29) is 5.89 Å². The second-order valence-corrected chi connectivity index (χ2v) is 5.37. The van der Waals surface area contributed by atoms with Crippen LogP contribution in [0.3, 0.4) is 0 Å². The first kappa shape index (κ1) is 14.6. The van der Waals surface area contributed by atoms with Crippen molar-refractivity contribution in [1.82, 2.24) is 4.98 Å². The van der Waals surface area contributed by atoms with Crippen molar-refractivity contribution in [2.24, 2.45) is 0 Å². The maximum Gasteiger partial charge on any atom is 0.232 e. The van der Waals surface area contributed by atoms with Crippen LogP contribution in [0.2, 0.25) is 10.0 Å². The van der Waals surface area contributed by atoms with Crippen molar-refractivity contribution in [3.05, 3.63) is 64.6 Å². The molecule has 0 aliphatic heterocycles. The van der Waals surface area contributed by atoms with Crippen molar-refractivity contribution in [3.63, 3.8) is 0 Å². The Hall–Kier alpha value is -2.30. The first-order valence-corrected chi connectivity index (χ1v) is 7.15. The maximum absolute atomic E-state index is 11.3. The van der Waals surface area contributed by atoms with Crippen LogP contribution in [0.4, 0.5) is 5.69 Å². The lowest BCUT2D eigenvalue weighted by atomic mass is 10.3. The standard InChI is InChI=1S/C16H10Cl2N2O2/c17-11-1-4-13(5-2-11)19-8-10(9-21)16-20-14-7-12(18)3-6-15(14)22-16/h1-9,19H/b10-8+. The van der Waals surface area contributed by atoms with Crippen molar-refractivity contribution in [2.75, 3.05) is 5.32 Å². The zero-order valence-corrected chi connectivity index (χ0v) is 12.7. The molecule has 0 aliphatic rings. The largest absolute Gasteiger partial charge is 0.436 e. The zero-order chi connectivity index (χ0) is 15.5. The summed E-state index contributed by atoms with van der Waals surface area (Å²) in [6.07, 6.45) is 2.21. The Kier molecular flexibility index (Phi) is 4.13. The highest BCUT2D eigenvalue weighted by Crippen LogP contribution is 2.23. The number of rotatable bonds is 4. The number of allylic oxidation sites excluding steroid dienone is 1. The van der Waals surface area contributed by atoms with Crippen molar-refractivity contribution in [1.29, 1.82) is 0 Å². The summed E-state index contributed by atoms with van der Waals surface area (Å²) in [5.41, 5.74) is 2.26. The molecule has 0 saturated carbocycles. The van der Waals surface area contributed by atoms with Crippen molar-refractivity contribution in [2.45, 2.75) is 0 Å². The van der Waals surface area contributed by atoms with Gasteiger partial charge in [0.15, 0.2) is 11.9 Å². The normalized spacial score (nSPS) is 11.6. The van der Waals surface area contributed by atoms with Crippen LogP contribution in [0.1, 0.15) is 5.89 Å². The second-order valence-electron chi connectivity index (χ2n) is 4.50. The van der Waals surface area contributed by atoms with Gasteiger partial charge in [0.05, 0.1) is 5.57 Å². The molecule has 0 fully saturated rings. The Morgan fingerprint density at radius 3 is 2.55 bits per heavy atom. The van der Waals surface area contributed by atoms with E-state index in [1.165, 1.54) is 6.20 Å². The number of nitrogens with zero attached hydrogens (tertiary/aromatic N) is 1. The molecule has 0 atom stereocenters. The summed E-state index contributed by atoms with van der Waals surface area (Å²) in [6, 6.07) is 12.2. The molecule has 0 bridgehead atoms. The van der Waals surface area contributed by atoms with Gasteiger partial charge in [-0.2, -0.15) is 0 Å². The van der Waals surface area contributed by atoms with Crippen LogP contribution in [0.15, 0.2) is 53.1 Å². The molecule has 0 aliphatic carbocycles. The smallest absolute Gasteiger partial charge is 0.232 e. The van der Waals surface area contributed by atoms with E-state index in [0.29, 0.717) is 33.0 Å². The van der Waals surface area contributed by atoms with Crippen molar-refractivity contribution in [3.8, 4) is 0 Å². The average Bonchev–Trinajstić information content (AvgIpc) is 2.92. The molecule has 6 heteroatoms. The number of carbonyl (C=O) groups is 1. The van der Waals surface area contributed by atoms with E-state index in [2.05, 4.69) is 10.3 Å². The van der Waals surface area contributed by atoms with Crippen LogP contribution in [0.5, 0.6) is 0 Å². The number of carbonyl (C=O) groups excluding carboxylic acids is 1. The molecule has 1 aromatic heterocycles. The van der Waals surface area contributed by atoms with E-state index >= 15 is 0 Å². The Morgan fingerprint density at radius 2 is 1.82 bits per heavy atom. The van der Waals surface area contributed by atoms with E-state index in [9.17, 15) is 4.79 Å². The third-order valence-electron chi connectivity index (χ3n) is 2.96. The number of oxazole rings is 1. The number of hydrogen-bond acceptors (Lipinski definition) is 4. The van der Waals surface area contributed by atoms with Gasteiger partial charge in [-0.25, -0.2) is 4.98 Å². The predicted octanol–water partition coefficient (Wildman–Crippen LogP) is 4.79. The van der Waals surface area contributed by atoms with Gasteiger partial charge in [-0.15, -0.1) is 0 Å². The molecule has 0 spiro atoms. The van der Waals surface area contributed by atoms with Crippen LogP contribution < -0.4 is 5.32 Å². The Labute approximate surface area is 136 Å². The SMILES string of the molecule is O=C/C(=C\Nc1ccc(Cl)cc1)c1nc2cc(Cl)ccc2o1. The molecule has 2 aromatic carbocycles. The van der Waals surface area contributed by atoms with Gasteiger partial charge >= 0.3 is 0 Å². The number of halogens is 2. The van der Waals surface area contributed by atoms with Crippen LogP contribution in [0.25, 0.3) is 16.7 Å². The Balaban J connectivity index is 1.89. The quantitative estimate of drug-likeness (QED) is 0.551. The second kappa shape index (κ2) is 6.22. The van der Waals surface area contributed by atoms with Crippen LogP contribution >= 0.6 is 23.2 Å². The number of aldehydes is 1. The van der Waals surface area contributed by atoms with Gasteiger partial charge in [0.2, 0.25) is 5.89 Å². The molecule has 3 rings (SSSR count). The van der Waals surface area contributed by atoms with E-state index in [4.69, 9.17) is 27.6 Å². The number of aromatic nitrogens is 1. The highest BCUT2D eigenvalue weighted by atomic mass is 35.5. The minimum Gasteiger partial charge on any atom is -0.436 e. The number of fused-ring (bicyclic) bond motifs is 1. The molecule has 3 aromatic rings. The van der Waals surface area contributed by atoms with Gasteiger partial charge in [-0.3, -0.25) is 4.79 Å². The molecule has 0 saturated heterocycles. The molecular formula is C16H10Cl2N2O2. The van der Waals surface area contributed by atoms with Crippen molar-refractivity contribution < 1.29 is 9.21 Å². The Bertz CT molecular complexity index is 854. The summed E-state index contributed by atoms with van der Waals surface area (Å²) < 4.78 is 5.55. The van der Waals surface area contributed by atoms with E-state index < -0.39 is 0 Å². The highest BCUT2D eigenvalue weighted by Gasteiger charge is 2.10. The van der Waals surface area contributed by atoms with Gasteiger partial charge in [-0.05, 0) is 42.5 Å². The van der Waals surface area contributed by atoms with E-state index in [1.807, 2.05) is 0 Å². The summed E-state index contributed by atoms with van der Waals surface area (Å²) in [7, 11) is 0. The fraction of sp³-hybridized carbons (Fsp3) is 0. The van der Waals surface area contributed by atoms with Crippen LogP contribution in [-0.2, 0) is 4.79 Å². The molecule has 1 N–H and O–H groups in total. The topological polar surface area (TPSA) is 55.1 Å². The highest BCUT2D eigenvalue weighted by molar-refractivity contribution is 6.31. The van der Waals surface area contributed by atoms with Gasteiger partial charge in [0, 0.05) is 21.9 Å². The molecule has 0 unspecified atom stereocenters. The van der Waals surface area contributed by atoms with Crippen molar-refractivity contribution >= 4 is 51.8 Å². The fourth-order valence-corrected chi connectivity index (χ4v) is 2.17. The third kappa shape index (κ3) is 3.13. The summed E-state index contributed by atoms with van der Waals surface area (Å²) in [4.78, 5) is 15.5. The minimum atomic E-state index is 0.230. The third-order valence-corrected chi connectivity index (χ3v) is 3.45. The molecular weight excluding hydrogens is 323 g/mol. The van der Waals surface area contributed by atoms with Gasteiger partial charge in [0.25, 0.3) is 0 Å². The summed E-state index contributed by atoms with van der Waals surface area (Å²) in [6.45, 7) is 0. The maximum atomic E-state index is 11.3. The minimum absolute atomic E-state index is 0.230.